The average molecular weight is 250 g/mol. The molecule has 0 unspecified atom stereocenters. The first-order valence-electron chi connectivity index (χ1n) is 6.43. The minimum atomic E-state index is 0.0684. The van der Waals surface area contributed by atoms with Gasteiger partial charge in [-0.3, -0.25) is 4.79 Å². The van der Waals surface area contributed by atoms with Gasteiger partial charge in [0.05, 0.1) is 0 Å². The molecule has 0 aliphatic carbocycles. The van der Waals surface area contributed by atoms with Crippen molar-refractivity contribution in [3.63, 3.8) is 0 Å². The summed E-state index contributed by atoms with van der Waals surface area (Å²) in [7, 11) is 0. The molecule has 2 aromatic carbocycles. The van der Waals surface area contributed by atoms with Crippen LogP contribution < -0.4 is 0 Å². The molecular weight excluding hydrogens is 232 g/mol. The smallest absolute Gasteiger partial charge is 0.186 e. The zero-order chi connectivity index (χ0) is 13.8. The summed E-state index contributed by atoms with van der Waals surface area (Å²) < 4.78 is 0. The Morgan fingerprint density at radius 1 is 0.947 bits per heavy atom. The number of aryl methyl sites for hydroxylation is 3. The fraction of sp³-hybridized carbons (Fsp3) is 0.167. The quantitative estimate of drug-likeness (QED) is 0.578. The molecule has 0 amide bonds. The molecule has 0 N–H and O–H groups in total. The lowest BCUT2D eigenvalue weighted by atomic mass is 9.96. The van der Waals surface area contributed by atoms with Gasteiger partial charge in [-0.1, -0.05) is 54.1 Å². The Morgan fingerprint density at radius 3 is 2.11 bits per heavy atom. The van der Waals surface area contributed by atoms with Crippen molar-refractivity contribution in [3.05, 3.63) is 76.4 Å². The van der Waals surface area contributed by atoms with Crippen LogP contribution in [0.25, 0.3) is 6.08 Å². The first kappa shape index (κ1) is 13.3. The van der Waals surface area contributed by atoms with Crippen molar-refractivity contribution in [3.8, 4) is 0 Å². The van der Waals surface area contributed by atoms with Crippen molar-refractivity contribution in [2.24, 2.45) is 0 Å². The SMILES string of the molecule is Cc1cc(C)c(C(=O)/C=C\c2ccccc2)c(C)c1. The van der Waals surface area contributed by atoms with E-state index in [4.69, 9.17) is 0 Å². The Balaban J connectivity index is 2.29. The maximum atomic E-state index is 12.3. The predicted octanol–water partition coefficient (Wildman–Crippen LogP) is 4.51. The molecule has 0 fully saturated rings. The van der Waals surface area contributed by atoms with Crippen LogP contribution in [-0.4, -0.2) is 5.78 Å². The lowest BCUT2D eigenvalue weighted by Crippen LogP contribution is -2.02. The van der Waals surface area contributed by atoms with E-state index in [1.807, 2.05) is 57.2 Å². The summed E-state index contributed by atoms with van der Waals surface area (Å²) in [5.74, 6) is 0.0684. The average Bonchev–Trinajstić information content (AvgIpc) is 2.36. The van der Waals surface area contributed by atoms with Crippen molar-refractivity contribution in [1.82, 2.24) is 0 Å². The highest BCUT2D eigenvalue weighted by molar-refractivity contribution is 6.08. The largest absolute Gasteiger partial charge is 0.289 e. The summed E-state index contributed by atoms with van der Waals surface area (Å²) in [5, 5.41) is 0. The number of hydrogen-bond donors (Lipinski definition) is 0. The van der Waals surface area contributed by atoms with Gasteiger partial charge in [-0.2, -0.15) is 0 Å². The summed E-state index contributed by atoms with van der Waals surface area (Å²) in [6.45, 7) is 6.03. The third-order valence-electron chi connectivity index (χ3n) is 3.15. The van der Waals surface area contributed by atoms with Crippen LogP contribution in [0.4, 0.5) is 0 Å². The Hall–Kier alpha value is -2.15. The minimum absolute atomic E-state index is 0.0684. The summed E-state index contributed by atoms with van der Waals surface area (Å²) in [5.41, 5.74) is 5.13. The molecule has 0 bridgehead atoms. The molecule has 0 aliphatic rings. The topological polar surface area (TPSA) is 17.1 Å². The normalized spacial score (nSPS) is 10.9. The highest BCUT2D eigenvalue weighted by Crippen LogP contribution is 2.17. The molecule has 0 heterocycles. The van der Waals surface area contributed by atoms with Crippen LogP contribution in [0, 0.1) is 20.8 Å². The van der Waals surface area contributed by atoms with Crippen LogP contribution in [0.2, 0.25) is 0 Å². The second kappa shape index (κ2) is 5.66. The number of rotatable bonds is 3. The second-order valence-corrected chi connectivity index (χ2v) is 4.88. The van der Waals surface area contributed by atoms with Crippen molar-refractivity contribution in [2.45, 2.75) is 20.8 Å². The molecule has 0 saturated heterocycles. The molecule has 1 heteroatoms. The number of hydrogen-bond acceptors (Lipinski definition) is 1. The molecule has 0 spiro atoms. The zero-order valence-corrected chi connectivity index (χ0v) is 11.6. The second-order valence-electron chi connectivity index (χ2n) is 4.88. The molecule has 0 aliphatic heterocycles. The minimum Gasteiger partial charge on any atom is -0.289 e. The summed E-state index contributed by atoms with van der Waals surface area (Å²) in [6.07, 6.45) is 3.51. The molecule has 0 radical (unpaired) electrons. The van der Waals surface area contributed by atoms with Gasteiger partial charge < -0.3 is 0 Å². The highest BCUT2D eigenvalue weighted by Gasteiger charge is 2.09. The van der Waals surface area contributed by atoms with Crippen LogP contribution >= 0.6 is 0 Å². The van der Waals surface area contributed by atoms with E-state index in [2.05, 4.69) is 12.1 Å². The van der Waals surface area contributed by atoms with Crippen molar-refractivity contribution >= 4 is 11.9 Å². The molecule has 0 aromatic heterocycles. The maximum Gasteiger partial charge on any atom is 0.186 e. The van der Waals surface area contributed by atoms with E-state index in [0.29, 0.717) is 0 Å². The molecule has 19 heavy (non-hydrogen) atoms. The van der Waals surface area contributed by atoms with Crippen LogP contribution in [0.5, 0.6) is 0 Å². The van der Waals surface area contributed by atoms with Gasteiger partial charge in [-0.25, -0.2) is 0 Å². The lowest BCUT2D eigenvalue weighted by molar-refractivity contribution is 0.104. The highest BCUT2D eigenvalue weighted by atomic mass is 16.1. The summed E-state index contributed by atoms with van der Waals surface area (Å²) in [4.78, 5) is 12.3. The third kappa shape index (κ3) is 3.19. The number of allylic oxidation sites excluding steroid dienone is 1. The van der Waals surface area contributed by atoms with Crippen LogP contribution in [0.3, 0.4) is 0 Å². The maximum absolute atomic E-state index is 12.3. The Morgan fingerprint density at radius 2 is 1.53 bits per heavy atom. The van der Waals surface area contributed by atoms with Gasteiger partial charge >= 0.3 is 0 Å². The van der Waals surface area contributed by atoms with Crippen molar-refractivity contribution < 1.29 is 4.79 Å². The van der Waals surface area contributed by atoms with Gasteiger partial charge in [0.1, 0.15) is 0 Å². The van der Waals surface area contributed by atoms with Crippen LogP contribution in [-0.2, 0) is 0 Å². The summed E-state index contributed by atoms with van der Waals surface area (Å²) >= 11 is 0. The van der Waals surface area contributed by atoms with Crippen LogP contribution in [0.1, 0.15) is 32.6 Å². The Bertz CT molecular complexity index is 598. The van der Waals surface area contributed by atoms with E-state index in [1.165, 1.54) is 5.56 Å². The molecule has 0 saturated carbocycles. The van der Waals surface area contributed by atoms with E-state index in [1.54, 1.807) is 6.08 Å². The molecule has 0 atom stereocenters. The van der Waals surface area contributed by atoms with Gasteiger partial charge in [0.15, 0.2) is 5.78 Å². The molecule has 2 rings (SSSR count). The van der Waals surface area contributed by atoms with Gasteiger partial charge in [-0.05, 0) is 43.5 Å². The van der Waals surface area contributed by atoms with Gasteiger partial charge in [0, 0.05) is 5.56 Å². The Labute approximate surface area is 114 Å². The number of benzene rings is 2. The molecule has 96 valence electrons. The van der Waals surface area contributed by atoms with Crippen LogP contribution in [0.15, 0.2) is 48.5 Å². The Kier molecular flexibility index (Phi) is 3.96. The standard InChI is InChI=1S/C18H18O/c1-13-11-14(2)18(15(3)12-13)17(19)10-9-16-7-5-4-6-8-16/h4-12H,1-3H3/b10-9-. The first-order chi connectivity index (χ1) is 9.08. The first-order valence-corrected chi connectivity index (χ1v) is 6.43. The molecule has 1 nitrogen and oxygen atoms in total. The van der Waals surface area contributed by atoms with Gasteiger partial charge in [0.2, 0.25) is 0 Å². The van der Waals surface area contributed by atoms with Gasteiger partial charge in [0.25, 0.3) is 0 Å². The lowest BCUT2D eigenvalue weighted by Gasteiger charge is -2.08. The van der Waals surface area contributed by atoms with Crippen molar-refractivity contribution in [2.75, 3.05) is 0 Å². The number of carbonyl (C=O) groups excluding carboxylic acids is 1. The number of ketones is 1. The van der Waals surface area contributed by atoms with E-state index in [0.717, 1.165) is 22.3 Å². The molecular formula is C18H18O. The number of carbonyl (C=O) groups is 1. The molecule has 2 aromatic rings. The van der Waals surface area contributed by atoms with E-state index < -0.39 is 0 Å². The zero-order valence-electron chi connectivity index (χ0n) is 11.6. The fourth-order valence-electron chi connectivity index (χ4n) is 2.39. The monoisotopic (exact) mass is 250 g/mol. The van der Waals surface area contributed by atoms with Gasteiger partial charge in [-0.15, -0.1) is 0 Å². The van der Waals surface area contributed by atoms with E-state index >= 15 is 0 Å². The predicted molar refractivity (Wildman–Crippen MR) is 80.5 cm³/mol. The van der Waals surface area contributed by atoms with Crippen molar-refractivity contribution in [1.29, 1.82) is 0 Å². The fourth-order valence-corrected chi connectivity index (χ4v) is 2.39. The third-order valence-corrected chi connectivity index (χ3v) is 3.15. The van der Waals surface area contributed by atoms with E-state index in [-0.39, 0.29) is 5.78 Å². The van der Waals surface area contributed by atoms with E-state index in [9.17, 15) is 4.79 Å². The summed E-state index contributed by atoms with van der Waals surface area (Å²) in [6, 6.07) is 14.0.